The Hall–Kier alpha value is -1.88. The Balaban J connectivity index is 1.92. The van der Waals surface area contributed by atoms with E-state index in [-0.39, 0.29) is 18.1 Å². The summed E-state index contributed by atoms with van der Waals surface area (Å²) in [4.78, 5) is 26.6. The zero-order chi connectivity index (χ0) is 15.2. The number of rotatable bonds is 5. The van der Waals surface area contributed by atoms with Crippen molar-refractivity contribution in [2.75, 3.05) is 38.3 Å². The van der Waals surface area contributed by atoms with Gasteiger partial charge in [-0.3, -0.25) is 9.59 Å². The third kappa shape index (κ3) is 4.56. The molecule has 2 rings (SSSR count). The number of carbonyl (C=O) groups is 2. The molecular formula is C16H22N2O3. The van der Waals surface area contributed by atoms with E-state index in [1.54, 1.807) is 11.9 Å². The van der Waals surface area contributed by atoms with Gasteiger partial charge in [0.2, 0.25) is 5.91 Å². The molecule has 0 aromatic heterocycles. The van der Waals surface area contributed by atoms with Gasteiger partial charge in [-0.15, -0.1) is 0 Å². The molecule has 1 fully saturated rings. The molecular weight excluding hydrogens is 268 g/mol. The van der Waals surface area contributed by atoms with Crippen molar-refractivity contribution < 1.29 is 14.3 Å². The highest BCUT2D eigenvalue weighted by Crippen LogP contribution is 2.17. The molecule has 0 spiro atoms. The summed E-state index contributed by atoms with van der Waals surface area (Å²) in [6.07, 6.45) is -0.0254. The van der Waals surface area contributed by atoms with Gasteiger partial charge in [-0.2, -0.15) is 0 Å². The van der Waals surface area contributed by atoms with Gasteiger partial charge in [0.15, 0.2) is 0 Å². The van der Waals surface area contributed by atoms with Gasteiger partial charge in [0.25, 0.3) is 0 Å². The number of morpholine rings is 1. The molecule has 1 aliphatic rings. The van der Waals surface area contributed by atoms with Gasteiger partial charge in [0.1, 0.15) is 5.78 Å². The molecule has 21 heavy (non-hydrogen) atoms. The van der Waals surface area contributed by atoms with Gasteiger partial charge in [-0.05, 0) is 24.6 Å². The highest BCUT2D eigenvalue weighted by Gasteiger charge is 2.13. The second-order valence-corrected chi connectivity index (χ2v) is 5.39. The van der Waals surface area contributed by atoms with Crippen LogP contribution in [0.2, 0.25) is 0 Å². The number of hydrogen-bond donors (Lipinski definition) is 0. The first-order chi connectivity index (χ1) is 10.1. The maximum absolute atomic E-state index is 11.8. The molecule has 5 heteroatoms. The zero-order valence-corrected chi connectivity index (χ0v) is 12.7. The molecule has 0 N–H and O–H groups in total. The predicted molar refractivity (Wildman–Crippen MR) is 81.2 cm³/mol. The fourth-order valence-electron chi connectivity index (χ4n) is 2.34. The van der Waals surface area contributed by atoms with Gasteiger partial charge in [0.05, 0.1) is 19.6 Å². The maximum atomic E-state index is 11.8. The summed E-state index contributed by atoms with van der Waals surface area (Å²) < 4.78 is 5.34. The van der Waals surface area contributed by atoms with Crippen LogP contribution in [0.3, 0.4) is 0 Å². The Labute approximate surface area is 125 Å². The lowest BCUT2D eigenvalue weighted by Gasteiger charge is -2.29. The first-order valence-electron chi connectivity index (χ1n) is 7.21. The van der Waals surface area contributed by atoms with Crippen LogP contribution in [0.1, 0.15) is 18.9 Å². The van der Waals surface area contributed by atoms with Crippen LogP contribution in [0, 0.1) is 0 Å². The molecule has 1 saturated heterocycles. The van der Waals surface area contributed by atoms with E-state index in [1.165, 1.54) is 12.6 Å². The van der Waals surface area contributed by atoms with Crippen molar-refractivity contribution in [2.45, 2.75) is 19.9 Å². The molecule has 1 heterocycles. The number of benzene rings is 1. The van der Waals surface area contributed by atoms with Crippen LogP contribution < -0.4 is 4.90 Å². The molecule has 1 amide bonds. The summed E-state index contributed by atoms with van der Waals surface area (Å²) in [5, 5.41) is 0. The minimum atomic E-state index is -0.139. The van der Waals surface area contributed by atoms with Crippen LogP contribution in [0.25, 0.3) is 0 Å². The predicted octanol–water partition coefficient (Wildman–Crippen LogP) is 1.46. The molecule has 1 aromatic rings. The van der Waals surface area contributed by atoms with E-state index >= 15 is 0 Å². The van der Waals surface area contributed by atoms with Crippen LogP contribution in [0.5, 0.6) is 0 Å². The quantitative estimate of drug-likeness (QED) is 0.770. The molecule has 114 valence electrons. The normalized spacial score (nSPS) is 14.9. The Morgan fingerprint density at radius 1 is 1.19 bits per heavy atom. The van der Waals surface area contributed by atoms with Crippen molar-refractivity contribution in [3.63, 3.8) is 0 Å². The number of amides is 1. The second kappa shape index (κ2) is 7.22. The van der Waals surface area contributed by atoms with Crippen molar-refractivity contribution >= 4 is 17.4 Å². The van der Waals surface area contributed by atoms with E-state index in [9.17, 15) is 9.59 Å². The monoisotopic (exact) mass is 290 g/mol. The van der Waals surface area contributed by atoms with Gasteiger partial charge in [-0.1, -0.05) is 12.1 Å². The van der Waals surface area contributed by atoms with E-state index in [1.807, 2.05) is 12.1 Å². The van der Waals surface area contributed by atoms with Gasteiger partial charge < -0.3 is 14.5 Å². The van der Waals surface area contributed by atoms with E-state index in [0.29, 0.717) is 6.54 Å². The molecule has 0 aliphatic carbocycles. The Bertz CT molecular complexity index is 493. The molecule has 0 saturated carbocycles. The summed E-state index contributed by atoms with van der Waals surface area (Å²) >= 11 is 0. The number of nitrogens with zero attached hydrogens (tertiary/aromatic N) is 2. The van der Waals surface area contributed by atoms with Crippen LogP contribution in [0.4, 0.5) is 5.69 Å². The summed E-state index contributed by atoms with van der Waals surface area (Å²) in [6.45, 7) is 5.32. The zero-order valence-electron chi connectivity index (χ0n) is 12.7. The van der Waals surface area contributed by atoms with E-state index in [2.05, 4.69) is 17.0 Å². The third-order valence-electron chi connectivity index (χ3n) is 3.56. The topological polar surface area (TPSA) is 49.9 Å². The molecule has 0 radical (unpaired) electrons. The maximum Gasteiger partial charge on any atom is 0.230 e. The standard InChI is InChI=1S/C16H22N2O3/c1-13(19)11-16(20)17(2)12-14-3-5-15(6-4-14)18-7-9-21-10-8-18/h3-6H,7-12H2,1-2H3. The van der Waals surface area contributed by atoms with Crippen molar-refractivity contribution in [1.82, 2.24) is 4.90 Å². The van der Waals surface area contributed by atoms with Crippen molar-refractivity contribution in [1.29, 1.82) is 0 Å². The van der Waals surface area contributed by atoms with Crippen LogP contribution in [0.15, 0.2) is 24.3 Å². The van der Waals surface area contributed by atoms with E-state index in [4.69, 9.17) is 4.74 Å². The number of hydrogen-bond acceptors (Lipinski definition) is 4. The van der Waals surface area contributed by atoms with Crippen LogP contribution in [-0.4, -0.2) is 49.9 Å². The molecule has 0 atom stereocenters. The average Bonchev–Trinajstić information content (AvgIpc) is 2.48. The number of ether oxygens (including phenoxy) is 1. The van der Waals surface area contributed by atoms with Gasteiger partial charge >= 0.3 is 0 Å². The van der Waals surface area contributed by atoms with Crippen molar-refractivity contribution in [3.05, 3.63) is 29.8 Å². The number of Topliss-reactive ketones (excluding diaryl/α,β-unsaturated/α-hetero) is 1. The Morgan fingerprint density at radius 2 is 1.81 bits per heavy atom. The lowest BCUT2D eigenvalue weighted by molar-refractivity contribution is -0.134. The van der Waals surface area contributed by atoms with Crippen LogP contribution in [-0.2, 0) is 20.9 Å². The first kappa shape index (κ1) is 15.5. The number of ketones is 1. The number of carbonyl (C=O) groups excluding carboxylic acids is 2. The number of anilines is 1. The lowest BCUT2D eigenvalue weighted by Crippen LogP contribution is -2.36. The SMILES string of the molecule is CC(=O)CC(=O)N(C)Cc1ccc(N2CCOCC2)cc1. The third-order valence-corrected chi connectivity index (χ3v) is 3.56. The van der Waals surface area contributed by atoms with Gasteiger partial charge in [0, 0.05) is 32.4 Å². The summed E-state index contributed by atoms with van der Waals surface area (Å²) in [6, 6.07) is 8.21. The highest BCUT2D eigenvalue weighted by molar-refractivity contribution is 5.96. The Kier molecular flexibility index (Phi) is 5.33. The summed E-state index contributed by atoms with van der Waals surface area (Å²) in [5.74, 6) is -0.241. The largest absolute Gasteiger partial charge is 0.378 e. The minimum Gasteiger partial charge on any atom is -0.378 e. The summed E-state index contributed by atoms with van der Waals surface area (Å²) in [5.41, 5.74) is 2.24. The van der Waals surface area contributed by atoms with E-state index in [0.717, 1.165) is 31.9 Å². The summed E-state index contributed by atoms with van der Waals surface area (Å²) in [7, 11) is 1.72. The van der Waals surface area contributed by atoms with Crippen molar-refractivity contribution in [2.24, 2.45) is 0 Å². The van der Waals surface area contributed by atoms with Gasteiger partial charge in [-0.25, -0.2) is 0 Å². The fraction of sp³-hybridized carbons (Fsp3) is 0.500. The first-order valence-corrected chi connectivity index (χ1v) is 7.21. The molecule has 1 aliphatic heterocycles. The molecule has 5 nitrogen and oxygen atoms in total. The highest BCUT2D eigenvalue weighted by atomic mass is 16.5. The molecule has 0 unspecified atom stereocenters. The Morgan fingerprint density at radius 3 is 2.38 bits per heavy atom. The molecule has 1 aromatic carbocycles. The minimum absolute atomic E-state index is 0.0254. The van der Waals surface area contributed by atoms with E-state index < -0.39 is 0 Å². The lowest BCUT2D eigenvalue weighted by atomic mass is 10.1. The smallest absolute Gasteiger partial charge is 0.230 e. The fourth-order valence-corrected chi connectivity index (χ4v) is 2.34. The average molecular weight is 290 g/mol. The van der Waals surface area contributed by atoms with Crippen molar-refractivity contribution in [3.8, 4) is 0 Å². The second-order valence-electron chi connectivity index (χ2n) is 5.39. The van der Waals surface area contributed by atoms with Crippen LogP contribution >= 0.6 is 0 Å². The molecule has 0 bridgehead atoms.